The van der Waals surface area contributed by atoms with Gasteiger partial charge >= 0.3 is 6.18 Å². The van der Waals surface area contributed by atoms with Crippen molar-refractivity contribution in [3.63, 3.8) is 0 Å². The molecule has 0 aromatic carbocycles. The van der Waals surface area contributed by atoms with E-state index in [-0.39, 0.29) is 17.3 Å². The molecule has 0 saturated heterocycles. The third-order valence-corrected chi connectivity index (χ3v) is 8.46. The largest absolute Gasteiger partial charge is 0.433 e. The minimum Gasteiger partial charge on any atom is -0.411 e. The van der Waals surface area contributed by atoms with Gasteiger partial charge in [0.05, 0.1) is 12.3 Å². The minimum atomic E-state index is -4.45. The van der Waals surface area contributed by atoms with Crippen molar-refractivity contribution in [1.82, 2.24) is 4.98 Å². The number of alkyl halides is 3. The zero-order valence-electron chi connectivity index (χ0n) is 12.2. The molecule has 0 aliphatic heterocycles. The summed E-state index contributed by atoms with van der Waals surface area (Å²) >= 11 is 3.08. The molecule has 7 heteroatoms. The van der Waals surface area contributed by atoms with Crippen molar-refractivity contribution in [2.75, 3.05) is 0 Å². The molecule has 2 nitrogen and oxygen atoms in total. The van der Waals surface area contributed by atoms with E-state index in [1.54, 1.807) is 6.07 Å². The summed E-state index contributed by atoms with van der Waals surface area (Å²) in [5.74, 6) is 0. The standard InChI is InChI=1S/C13H19BrF3NOSi/c1-12(2,3)20(4,5)19-8-10-6-9(14)7-11(18-10)13(15,16)17/h6-7H,8H2,1-5H3. The molecule has 0 fully saturated rings. The summed E-state index contributed by atoms with van der Waals surface area (Å²) in [6.45, 7) is 10.4. The number of hydrogen-bond acceptors (Lipinski definition) is 2. The molecule has 0 bridgehead atoms. The molecule has 1 aromatic rings. The number of aromatic nitrogens is 1. The molecular weight excluding hydrogens is 351 g/mol. The first-order chi connectivity index (χ1) is 8.83. The maximum absolute atomic E-state index is 12.7. The van der Waals surface area contributed by atoms with E-state index in [9.17, 15) is 13.2 Å². The first-order valence-corrected chi connectivity index (χ1v) is 9.91. The SMILES string of the molecule is CC(C)(C)[Si](C)(C)OCc1cc(Br)cc(C(F)(F)F)n1. The Kier molecular flexibility index (Phi) is 5.09. The van der Waals surface area contributed by atoms with Crippen LogP contribution in [0.3, 0.4) is 0 Å². The monoisotopic (exact) mass is 369 g/mol. The minimum absolute atomic E-state index is 0.00582. The van der Waals surface area contributed by atoms with E-state index >= 15 is 0 Å². The average Bonchev–Trinajstić information content (AvgIpc) is 2.23. The Morgan fingerprint density at radius 2 is 1.75 bits per heavy atom. The van der Waals surface area contributed by atoms with Gasteiger partial charge in [-0.25, -0.2) is 4.98 Å². The molecule has 1 aromatic heterocycles. The summed E-state index contributed by atoms with van der Waals surface area (Å²) in [5.41, 5.74) is -0.614. The molecule has 0 aliphatic carbocycles. The lowest BCUT2D eigenvalue weighted by atomic mass is 10.2. The maximum atomic E-state index is 12.7. The fraction of sp³-hybridized carbons (Fsp3) is 0.615. The summed E-state index contributed by atoms with van der Waals surface area (Å²) in [7, 11) is -2.00. The topological polar surface area (TPSA) is 22.1 Å². The van der Waals surface area contributed by atoms with Crippen LogP contribution in [0.1, 0.15) is 32.2 Å². The highest BCUT2D eigenvalue weighted by atomic mass is 79.9. The Labute approximate surface area is 127 Å². The molecule has 0 spiro atoms. The van der Waals surface area contributed by atoms with Gasteiger partial charge in [0.25, 0.3) is 0 Å². The van der Waals surface area contributed by atoms with Crippen LogP contribution in [-0.4, -0.2) is 13.3 Å². The lowest BCUT2D eigenvalue weighted by molar-refractivity contribution is -0.141. The molecule has 20 heavy (non-hydrogen) atoms. The van der Waals surface area contributed by atoms with E-state index in [0.29, 0.717) is 4.47 Å². The third kappa shape index (κ3) is 4.56. The first-order valence-electron chi connectivity index (χ1n) is 6.20. The van der Waals surface area contributed by atoms with Gasteiger partial charge in [-0.1, -0.05) is 36.7 Å². The number of halogens is 4. The fourth-order valence-corrected chi connectivity index (χ4v) is 2.66. The third-order valence-electron chi connectivity index (χ3n) is 3.52. The van der Waals surface area contributed by atoms with Gasteiger partial charge in [-0.3, -0.25) is 0 Å². The lowest BCUT2D eigenvalue weighted by Gasteiger charge is -2.36. The van der Waals surface area contributed by atoms with Gasteiger partial charge in [-0.15, -0.1) is 0 Å². The molecule has 1 rings (SSSR count). The van der Waals surface area contributed by atoms with Crippen LogP contribution in [-0.2, 0) is 17.2 Å². The van der Waals surface area contributed by atoms with Crippen molar-refractivity contribution in [2.24, 2.45) is 0 Å². The van der Waals surface area contributed by atoms with Crippen molar-refractivity contribution in [3.05, 3.63) is 28.0 Å². The van der Waals surface area contributed by atoms with Crippen LogP contribution < -0.4 is 0 Å². The van der Waals surface area contributed by atoms with E-state index in [4.69, 9.17) is 4.43 Å². The number of nitrogens with zero attached hydrogens (tertiary/aromatic N) is 1. The van der Waals surface area contributed by atoms with Gasteiger partial charge in [0.15, 0.2) is 8.32 Å². The average molecular weight is 370 g/mol. The number of rotatable bonds is 3. The first kappa shape index (κ1) is 17.6. The second-order valence-electron chi connectivity index (χ2n) is 6.21. The molecule has 0 amide bonds. The molecule has 0 saturated carbocycles. The zero-order chi connectivity index (χ0) is 15.8. The summed E-state index contributed by atoms with van der Waals surface area (Å²) in [6.07, 6.45) is -4.45. The van der Waals surface area contributed by atoms with E-state index in [0.717, 1.165) is 6.07 Å². The Morgan fingerprint density at radius 1 is 1.20 bits per heavy atom. The zero-order valence-corrected chi connectivity index (χ0v) is 14.8. The van der Waals surface area contributed by atoms with Crippen molar-refractivity contribution >= 4 is 24.2 Å². The van der Waals surface area contributed by atoms with Crippen molar-refractivity contribution in [3.8, 4) is 0 Å². The molecule has 0 aliphatic rings. The number of pyridine rings is 1. The molecule has 0 N–H and O–H groups in total. The van der Waals surface area contributed by atoms with Crippen LogP contribution in [0.15, 0.2) is 16.6 Å². The molecule has 0 radical (unpaired) electrons. The quantitative estimate of drug-likeness (QED) is 0.666. The maximum Gasteiger partial charge on any atom is 0.433 e. The molecular formula is C13H19BrF3NOSi. The highest BCUT2D eigenvalue weighted by Gasteiger charge is 2.37. The van der Waals surface area contributed by atoms with Crippen LogP contribution in [0.2, 0.25) is 18.1 Å². The Hall–Kier alpha value is -0.403. The van der Waals surface area contributed by atoms with Gasteiger partial charge in [0.2, 0.25) is 0 Å². The molecule has 0 unspecified atom stereocenters. The smallest absolute Gasteiger partial charge is 0.411 e. The number of hydrogen-bond donors (Lipinski definition) is 0. The van der Waals surface area contributed by atoms with Crippen molar-refractivity contribution in [1.29, 1.82) is 0 Å². The second kappa shape index (κ2) is 5.77. The van der Waals surface area contributed by atoms with Gasteiger partial charge in [-0.2, -0.15) is 13.2 Å². The van der Waals surface area contributed by atoms with Gasteiger partial charge in [-0.05, 0) is 30.3 Å². The normalized spacial score (nSPS) is 13.7. The highest BCUT2D eigenvalue weighted by Crippen LogP contribution is 2.37. The van der Waals surface area contributed by atoms with Crippen LogP contribution in [0.5, 0.6) is 0 Å². The predicted octanol–water partition coefficient (Wildman–Crippen LogP) is 5.38. The highest BCUT2D eigenvalue weighted by molar-refractivity contribution is 9.10. The van der Waals surface area contributed by atoms with E-state index in [1.165, 1.54) is 0 Å². The van der Waals surface area contributed by atoms with E-state index in [2.05, 4.69) is 54.8 Å². The predicted molar refractivity (Wildman–Crippen MR) is 78.9 cm³/mol. The van der Waals surface area contributed by atoms with Crippen LogP contribution in [0, 0.1) is 0 Å². The van der Waals surface area contributed by atoms with Crippen LogP contribution in [0.4, 0.5) is 13.2 Å². The van der Waals surface area contributed by atoms with Gasteiger partial charge < -0.3 is 4.43 Å². The van der Waals surface area contributed by atoms with Crippen molar-refractivity contribution < 1.29 is 17.6 Å². The van der Waals surface area contributed by atoms with Gasteiger partial charge in [0.1, 0.15) is 5.69 Å². The molecule has 114 valence electrons. The Balaban J connectivity index is 2.92. The summed E-state index contributed by atoms with van der Waals surface area (Å²) in [5, 5.41) is 0.00582. The fourth-order valence-electron chi connectivity index (χ4n) is 1.24. The Morgan fingerprint density at radius 3 is 2.20 bits per heavy atom. The summed E-state index contributed by atoms with van der Waals surface area (Å²) in [6, 6.07) is 2.53. The summed E-state index contributed by atoms with van der Waals surface area (Å²) < 4.78 is 44.3. The van der Waals surface area contributed by atoms with Crippen LogP contribution in [0.25, 0.3) is 0 Å². The summed E-state index contributed by atoms with van der Waals surface area (Å²) in [4.78, 5) is 3.63. The lowest BCUT2D eigenvalue weighted by Crippen LogP contribution is -2.40. The molecule has 1 heterocycles. The van der Waals surface area contributed by atoms with E-state index < -0.39 is 20.2 Å². The molecule has 0 atom stereocenters. The van der Waals surface area contributed by atoms with E-state index in [1.807, 2.05) is 0 Å². The Bertz CT molecular complexity index is 483. The second-order valence-corrected chi connectivity index (χ2v) is 11.9. The van der Waals surface area contributed by atoms with Gasteiger partial charge in [0, 0.05) is 4.47 Å². The van der Waals surface area contributed by atoms with Crippen LogP contribution >= 0.6 is 15.9 Å². The van der Waals surface area contributed by atoms with Crippen molar-refractivity contribution in [2.45, 2.75) is 51.7 Å².